The van der Waals surface area contributed by atoms with Gasteiger partial charge in [0.1, 0.15) is 0 Å². The first-order valence-electron chi connectivity index (χ1n) is 4.38. The molecule has 0 bridgehead atoms. The van der Waals surface area contributed by atoms with E-state index in [0.29, 0.717) is 10.6 Å². The minimum absolute atomic E-state index is 0.137. The van der Waals surface area contributed by atoms with E-state index in [1.165, 1.54) is 0 Å². The van der Waals surface area contributed by atoms with Crippen molar-refractivity contribution < 1.29 is 4.79 Å². The predicted octanol–water partition coefficient (Wildman–Crippen LogP) is 3.24. The van der Waals surface area contributed by atoms with Crippen molar-refractivity contribution in [1.29, 1.82) is 0 Å². The molecule has 0 radical (unpaired) electrons. The Morgan fingerprint density at radius 1 is 1.60 bits per heavy atom. The average Bonchev–Trinajstić information content (AvgIpc) is 2.14. The lowest BCUT2D eigenvalue weighted by Crippen LogP contribution is -2.25. The molecule has 1 aromatic carbocycles. The number of halogens is 2. The molecule has 2 nitrogen and oxygen atoms in total. The molecule has 0 spiro atoms. The summed E-state index contributed by atoms with van der Waals surface area (Å²) >= 11 is 8.90. The topological polar surface area (TPSA) is 29.1 Å². The molecular formula is C11H11BrClNO. The molecule has 4 heteroatoms. The Kier molecular flexibility index (Phi) is 4.36. The number of carbonyl (C=O) groups excluding carboxylic acids is 1. The quantitative estimate of drug-likeness (QED) is 0.909. The molecular weight excluding hydrogens is 277 g/mol. The van der Waals surface area contributed by atoms with Crippen LogP contribution in [-0.4, -0.2) is 12.5 Å². The highest BCUT2D eigenvalue weighted by molar-refractivity contribution is 9.10. The standard InChI is InChI=1S/C11H11BrClNO/c1-7-5-9(12)3-4-10(7)11(15)14-6-8(2)13/h3-5H,2,6H2,1H3,(H,14,15). The van der Waals surface area contributed by atoms with E-state index in [1.807, 2.05) is 19.1 Å². The number of hydrogen-bond acceptors (Lipinski definition) is 1. The first-order valence-corrected chi connectivity index (χ1v) is 5.55. The second kappa shape index (κ2) is 5.33. The maximum atomic E-state index is 11.7. The van der Waals surface area contributed by atoms with Crippen LogP contribution < -0.4 is 5.32 Å². The second-order valence-corrected chi connectivity index (χ2v) is 4.61. The molecule has 1 amide bonds. The normalized spacial score (nSPS) is 9.80. The highest BCUT2D eigenvalue weighted by Gasteiger charge is 2.08. The number of hydrogen-bond donors (Lipinski definition) is 1. The lowest BCUT2D eigenvalue weighted by Gasteiger charge is -2.06. The molecule has 15 heavy (non-hydrogen) atoms. The van der Waals surface area contributed by atoms with Gasteiger partial charge >= 0.3 is 0 Å². The van der Waals surface area contributed by atoms with E-state index in [4.69, 9.17) is 11.6 Å². The van der Waals surface area contributed by atoms with E-state index >= 15 is 0 Å². The molecule has 0 aliphatic rings. The Balaban J connectivity index is 2.78. The van der Waals surface area contributed by atoms with Crippen LogP contribution in [0.15, 0.2) is 34.3 Å². The van der Waals surface area contributed by atoms with Crippen molar-refractivity contribution in [2.45, 2.75) is 6.92 Å². The number of carbonyl (C=O) groups is 1. The van der Waals surface area contributed by atoms with Crippen LogP contribution in [0.2, 0.25) is 0 Å². The maximum absolute atomic E-state index is 11.7. The van der Waals surface area contributed by atoms with E-state index < -0.39 is 0 Å². The number of nitrogens with one attached hydrogen (secondary N) is 1. The minimum Gasteiger partial charge on any atom is -0.347 e. The van der Waals surface area contributed by atoms with E-state index in [1.54, 1.807) is 6.07 Å². The lowest BCUT2D eigenvalue weighted by molar-refractivity contribution is 0.0957. The summed E-state index contributed by atoms with van der Waals surface area (Å²) in [5.41, 5.74) is 1.57. The molecule has 0 atom stereocenters. The lowest BCUT2D eigenvalue weighted by atomic mass is 10.1. The zero-order valence-corrected chi connectivity index (χ0v) is 10.7. The van der Waals surface area contributed by atoms with Gasteiger partial charge in [-0.2, -0.15) is 0 Å². The summed E-state index contributed by atoms with van der Waals surface area (Å²) in [6.07, 6.45) is 0. The predicted molar refractivity (Wildman–Crippen MR) is 66.2 cm³/mol. The molecule has 0 unspecified atom stereocenters. The highest BCUT2D eigenvalue weighted by Crippen LogP contribution is 2.15. The Morgan fingerprint density at radius 2 is 2.27 bits per heavy atom. The molecule has 1 N–H and O–H groups in total. The van der Waals surface area contributed by atoms with Crippen molar-refractivity contribution in [3.63, 3.8) is 0 Å². The van der Waals surface area contributed by atoms with E-state index in [2.05, 4.69) is 27.8 Å². The minimum atomic E-state index is -0.137. The summed E-state index contributed by atoms with van der Waals surface area (Å²) in [7, 11) is 0. The fourth-order valence-corrected chi connectivity index (χ4v) is 1.70. The van der Waals surface area contributed by atoms with Crippen LogP contribution in [0.5, 0.6) is 0 Å². The van der Waals surface area contributed by atoms with Gasteiger partial charge < -0.3 is 5.32 Å². The molecule has 0 aromatic heterocycles. The third-order valence-corrected chi connectivity index (χ3v) is 2.50. The summed E-state index contributed by atoms with van der Waals surface area (Å²) in [5, 5.41) is 3.09. The molecule has 1 aromatic rings. The number of rotatable bonds is 3. The Labute approximate surface area is 102 Å². The van der Waals surface area contributed by atoms with Crippen molar-refractivity contribution in [3.05, 3.63) is 45.4 Å². The van der Waals surface area contributed by atoms with Crippen LogP contribution in [-0.2, 0) is 0 Å². The van der Waals surface area contributed by atoms with Crippen LogP contribution >= 0.6 is 27.5 Å². The van der Waals surface area contributed by atoms with Gasteiger partial charge in [-0.05, 0) is 30.7 Å². The number of amides is 1. The van der Waals surface area contributed by atoms with Gasteiger partial charge in [-0.15, -0.1) is 0 Å². The van der Waals surface area contributed by atoms with Gasteiger partial charge in [0.15, 0.2) is 0 Å². The van der Waals surface area contributed by atoms with Gasteiger partial charge in [-0.3, -0.25) is 4.79 Å². The van der Waals surface area contributed by atoms with Crippen molar-refractivity contribution in [3.8, 4) is 0 Å². The second-order valence-electron chi connectivity index (χ2n) is 3.16. The van der Waals surface area contributed by atoms with Crippen LogP contribution in [0.3, 0.4) is 0 Å². The first kappa shape index (κ1) is 12.3. The monoisotopic (exact) mass is 287 g/mol. The largest absolute Gasteiger partial charge is 0.347 e. The molecule has 0 fully saturated rings. The fraction of sp³-hybridized carbons (Fsp3) is 0.182. The van der Waals surface area contributed by atoms with Crippen molar-refractivity contribution in [2.24, 2.45) is 0 Å². The summed E-state index contributed by atoms with van der Waals surface area (Å²) < 4.78 is 0.957. The summed E-state index contributed by atoms with van der Waals surface area (Å²) in [5.74, 6) is -0.137. The summed E-state index contributed by atoms with van der Waals surface area (Å²) in [6, 6.07) is 5.49. The molecule has 0 saturated heterocycles. The van der Waals surface area contributed by atoms with Gasteiger partial charge in [0.05, 0.1) is 6.54 Å². The van der Waals surface area contributed by atoms with Crippen LogP contribution in [0.4, 0.5) is 0 Å². The molecule has 0 saturated carbocycles. The molecule has 80 valence electrons. The van der Waals surface area contributed by atoms with E-state index in [9.17, 15) is 4.79 Å². The van der Waals surface area contributed by atoms with Crippen LogP contribution in [0.1, 0.15) is 15.9 Å². The molecule has 0 aliphatic carbocycles. The van der Waals surface area contributed by atoms with Crippen LogP contribution in [0.25, 0.3) is 0 Å². The van der Waals surface area contributed by atoms with Gasteiger partial charge in [0.25, 0.3) is 5.91 Å². The van der Waals surface area contributed by atoms with E-state index in [-0.39, 0.29) is 12.5 Å². The van der Waals surface area contributed by atoms with Crippen molar-refractivity contribution in [1.82, 2.24) is 5.32 Å². The third-order valence-electron chi connectivity index (χ3n) is 1.87. The highest BCUT2D eigenvalue weighted by atomic mass is 79.9. The zero-order chi connectivity index (χ0) is 11.4. The fourth-order valence-electron chi connectivity index (χ4n) is 1.15. The summed E-state index contributed by atoms with van der Waals surface area (Å²) in [6.45, 7) is 5.67. The van der Waals surface area contributed by atoms with Crippen molar-refractivity contribution in [2.75, 3.05) is 6.54 Å². The van der Waals surface area contributed by atoms with Gasteiger partial charge in [0, 0.05) is 15.1 Å². The SMILES string of the molecule is C=C(Cl)CNC(=O)c1ccc(Br)cc1C. The van der Waals surface area contributed by atoms with Gasteiger partial charge in [0.2, 0.25) is 0 Å². The van der Waals surface area contributed by atoms with Gasteiger partial charge in [-0.25, -0.2) is 0 Å². The molecule has 1 rings (SSSR count). The van der Waals surface area contributed by atoms with Crippen LogP contribution in [0, 0.1) is 6.92 Å². The van der Waals surface area contributed by atoms with Crippen molar-refractivity contribution >= 4 is 33.4 Å². The summed E-state index contributed by atoms with van der Waals surface area (Å²) in [4.78, 5) is 11.7. The number of benzene rings is 1. The Hall–Kier alpha value is -0.800. The van der Waals surface area contributed by atoms with Gasteiger partial charge in [-0.1, -0.05) is 34.1 Å². The first-order chi connectivity index (χ1) is 7.00. The maximum Gasteiger partial charge on any atom is 0.251 e. The van der Waals surface area contributed by atoms with E-state index in [0.717, 1.165) is 10.0 Å². The Morgan fingerprint density at radius 3 is 2.80 bits per heavy atom. The molecule has 0 aliphatic heterocycles. The smallest absolute Gasteiger partial charge is 0.251 e. The zero-order valence-electron chi connectivity index (χ0n) is 8.31. The molecule has 0 heterocycles. The third kappa shape index (κ3) is 3.68. The average molecular weight is 289 g/mol. The number of aryl methyl sites for hydroxylation is 1. The Bertz CT molecular complexity index is 404.